The van der Waals surface area contributed by atoms with E-state index >= 15 is 0 Å². The number of carbonyl (C=O) groups excluding carboxylic acids is 1. The van der Waals surface area contributed by atoms with Crippen LogP contribution in [0.1, 0.15) is 20.3 Å². The van der Waals surface area contributed by atoms with Crippen LogP contribution < -0.4 is 5.32 Å². The minimum absolute atomic E-state index is 0.307. The molecule has 2 N–H and O–H groups in total. The average molecular weight is 280 g/mol. The lowest BCUT2D eigenvalue weighted by molar-refractivity contribution is -0.143. The summed E-state index contributed by atoms with van der Waals surface area (Å²) in [5.41, 5.74) is 0. The minimum Gasteiger partial charge on any atom is -0.480 e. The van der Waals surface area contributed by atoms with E-state index in [-0.39, 0.29) is 6.42 Å². The molecule has 0 aromatic carbocycles. The van der Waals surface area contributed by atoms with Crippen molar-refractivity contribution in [3.05, 3.63) is 0 Å². The van der Waals surface area contributed by atoms with E-state index in [4.69, 9.17) is 11.5 Å². The van der Waals surface area contributed by atoms with Gasteiger partial charge in [-0.3, -0.25) is 0 Å². The van der Waals surface area contributed by atoms with Crippen LogP contribution in [0.4, 0.5) is 18.0 Å². The van der Waals surface area contributed by atoms with Gasteiger partial charge in [-0.05, 0) is 13.8 Å². The largest absolute Gasteiger partial charge is 0.480 e. The van der Waals surface area contributed by atoms with Crippen LogP contribution in [0.25, 0.3) is 0 Å². The second kappa shape index (κ2) is 6.87. The summed E-state index contributed by atoms with van der Waals surface area (Å²) in [5.74, 6) is 0.634. The number of rotatable bonds is 5. The van der Waals surface area contributed by atoms with Crippen LogP contribution in [0.3, 0.4) is 0 Å². The van der Waals surface area contributed by atoms with Gasteiger partial charge in [-0.2, -0.15) is 13.2 Å². The van der Waals surface area contributed by atoms with Crippen molar-refractivity contribution < 1.29 is 27.9 Å². The summed E-state index contributed by atoms with van der Waals surface area (Å²) < 4.78 is 36.9. The Bertz CT molecular complexity index is 374. The highest BCUT2D eigenvalue weighted by Gasteiger charge is 2.35. The summed E-state index contributed by atoms with van der Waals surface area (Å²) >= 11 is 0. The van der Waals surface area contributed by atoms with Crippen molar-refractivity contribution in [1.82, 2.24) is 10.2 Å². The Hall–Kier alpha value is -1.91. The van der Waals surface area contributed by atoms with Gasteiger partial charge >= 0.3 is 18.2 Å². The third-order valence-corrected chi connectivity index (χ3v) is 2.15. The number of hydrogen-bond acceptors (Lipinski definition) is 2. The van der Waals surface area contributed by atoms with Crippen molar-refractivity contribution in [1.29, 1.82) is 0 Å². The predicted molar refractivity (Wildman–Crippen MR) is 61.3 cm³/mol. The Labute approximate surface area is 108 Å². The van der Waals surface area contributed by atoms with Crippen molar-refractivity contribution in [2.24, 2.45) is 0 Å². The van der Waals surface area contributed by atoms with E-state index in [0.29, 0.717) is 4.90 Å². The topological polar surface area (TPSA) is 69.6 Å². The van der Waals surface area contributed by atoms with Crippen LogP contribution in [0.5, 0.6) is 0 Å². The SMILES string of the molecule is C#CCC(NC(=O)N(CC(F)(F)F)C(C)C)C(=O)O. The summed E-state index contributed by atoms with van der Waals surface area (Å²) in [5, 5.41) is 10.7. The first-order valence-electron chi connectivity index (χ1n) is 5.38. The van der Waals surface area contributed by atoms with Gasteiger partial charge in [0.1, 0.15) is 12.6 Å². The van der Waals surface area contributed by atoms with E-state index in [1.165, 1.54) is 13.8 Å². The Morgan fingerprint density at radius 2 is 1.95 bits per heavy atom. The Balaban J connectivity index is 4.82. The molecule has 0 aliphatic rings. The molecule has 5 nitrogen and oxygen atoms in total. The highest BCUT2D eigenvalue weighted by atomic mass is 19.4. The molecule has 0 saturated carbocycles. The van der Waals surface area contributed by atoms with Crippen LogP contribution in [0.15, 0.2) is 0 Å². The molecule has 0 aromatic rings. The number of alkyl halides is 3. The number of aliphatic carboxylic acids is 1. The standard InChI is InChI=1S/C11H15F3N2O3/c1-4-5-8(9(17)18)15-10(19)16(7(2)3)6-11(12,13)14/h1,7-8H,5-6H2,2-3H3,(H,15,19)(H,17,18). The van der Waals surface area contributed by atoms with Crippen LogP contribution >= 0.6 is 0 Å². The average Bonchev–Trinajstić information content (AvgIpc) is 2.23. The second-order valence-electron chi connectivity index (χ2n) is 4.09. The Kier molecular flexibility index (Phi) is 6.18. The van der Waals surface area contributed by atoms with Crippen molar-refractivity contribution in [2.75, 3.05) is 6.54 Å². The maximum absolute atomic E-state index is 12.3. The first-order valence-corrected chi connectivity index (χ1v) is 5.38. The van der Waals surface area contributed by atoms with Crippen LogP contribution in [-0.4, -0.2) is 46.8 Å². The van der Waals surface area contributed by atoms with Crippen LogP contribution in [-0.2, 0) is 4.79 Å². The number of nitrogens with one attached hydrogen (secondary N) is 1. The van der Waals surface area contributed by atoms with Gasteiger partial charge < -0.3 is 15.3 Å². The molecule has 2 amide bonds. The van der Waals surface area contributed by atoms with Gasteiger partial charge in [0.05, 0.1) is 0 Å². The van der Waals surface area contributed by atoms with Crippen molar-refractivity contribution in [2.45, 2.75) is 38.5 Å². The van der Waals surface area contributed by atoms with E-state index in [2.05, 4.69) is 0 Å². The van der Waals surface area contributed by atoms with Gasteiger partial charge in [0.25, 0.3) is 0 Å². The molecule has 0 fully saturated rings. The van der Waals surface area contributed by atoms with Gasteiger partial charge in [0, 0.05) is 12.5 Å². The number of hydrogen-bond donors (Lipinski definition) is 2. The molecule has 108 valence electrons. The summed E-state index contributed by atoms with van der Waals surface area (Å²) in [6.07, 6.45) is 0.0528. The first-order chi connectivity index (χ1) is 8.58. The van der Waals surface area contributed by atoms with Gasteiger partial charge in [0.15, 0.2) is 0 Å². The molecule has 0 aliphatic heterocycles. The lowest BCUT2D eigenvalue weighted by Crippen LogP contribution is -2.52. The van der Waals surface area contributed by atoms with E-state index in [0.717, 1.165) is 0 Å². The molecule has 0 aromatic heterocycles. The van der Waals surface area contributed by atoms with Crippen molar-refractivity contribution in [3.8, 4) is 12.3 Å². The molecule has 0 spiro atoms. The molecular formula is C11H15F3N2O3. The van der Waals surface area contributed by atoms with Gasteiger partial charge in [-0.1, -0.05) is 0 Å². The smallest absolute Gasteiger partial charge is 0.406 e. The third-order valence-electron chi connectivity index (χ3n) is 2.15. The third kappa shape index (κ3) is 6.55. The molecule has 0 radical (unpaired) electrons. The van der Waals surface area contributed by atoms with E-state index < -0.39 is 36.8 Å². The molecule has 0 rings (SSSR count). The quantitative estimate of drug-likeness (QED) is 0.749. The summed E-state index contributed by atoms with van der Waals surface area (Å²) in [7, 11) is 0. The second-order valence-corrected chi connectivity index (χ2v) is 4.09. The number of carbonyl (C=O) groups is 2. The monoisotopic (exact) mass is 280 g/mol. The van der Waals surface area contributed by atoms with E-state index in [1.54, 1.807) is 0 Å². The lowest BCUT2D eigenvalue weighted by atomic mass is 10.2. The zero-order valence-electron chi connectivity index (χ0n) is 10.5. The first kappa shape index (κ1) is 17.1. The molecule has 19 heavy (non-hydrogen) atoms. The van der Waals surface area contributed by atoms with Crippen LogP contribution in [0.2, 0.25) is 0 Å². The molecule has 0 heterocycles. The van der Waals surface area contributed by atoms with Crippen molar-refractivity contribution >= 4 is 12.0 Å². The van der Waals surface area contributed by atoms with Gasteiger partial charge in [-0.25, -0.2) is 9.59 Å². The van der Waals surface area contributed by atoms with E-state index in [1.807, 2.05) is 11.2 Å². The number of nitrogens with zero attached hydrogens (tertiary/aromatic N) is 1. The summed E-state index contributed by atoms with van der Waals surface area (Å²) in [4.78, 5) is 22.9. The highest BCUT2D eigenvalue weighted by molar-refractivity contribution is 5.83. The molecule has 0 saturated heterocycles. The molecule has 1 unspecified atom stereocenters. The highest BCUT2D eigenvalue weighted by Crippen LogP contribution is 2.18. The number of carboxylic acid groups (broad SMARTS) is 1. The predicted octanol–water partition coefficient (Wildman–Crippen LogP) is 1.45. The zero-order valence-corrected chi connectivity index (χ0v) is 10.5. The van der Waals surface area contributed by atoms with Gasteiger partial charge in [0.2, 0.25) is 0 Å². The fourth-order valence-electron chi connectivity index (χ4n) is 1.23. The maximum Gasteiger partial charge on any atom is 0.406 e. The van der Waals surface area contributed by atoms with Crippen LogP contribution in [0, 0.1) is 12.3 Å². The van der Waals surface area contributed by atoms with Gasteiger partial charge in [-0.15, -0.1) is 12.3 Å². The van der Waals surface area contributed by atoms with Crippen molar-refractivity contribution in [3.63, 3.8) is 0 Å². The molecule has 0 bridgehead atoms. The zero-order chi connectivity index (χ0) is 15.2. The summed E-state index contributed by atoms with van der Waals surface area (Å²) in [6, 6.07) is -3.26. The summed E-state index contributed by atoms with van der Waals surface area (Å²) in [6.45, 7) is 1.32. The van der Waals surface area contributed by atoms with E-state index in [9.17, 15) is 22.8 Å². The number of carboxylic acids is 1. The molecule has 1 atom stereocenters. The minimum atomic E-state index is -4.56. The maximum atomic E-state index is 12.3. The number of amides is 2. The Morgan fingerprint density at radius 1 is 1.42 bits per heavy atom. The lowest BCUT2D eigenvalue weighted by Gasteiger charge is -2.28. The molecular weight excluding hydrogens is 265 g/mol. The molecule has 0 aliphatic carbocycles. The normalized spacial score (nSPS) is 12.7. The molecule has 8 heteroatoms. The fraction of sp³-hybridized carbons (Fsp3) is 0.636. The number of halogens is 3. The Morgan fingerprint density at radius 3 is 2.26 bits per heavy atom. The number of urea groups is 1. The number of terminal acetylenes is 1. The fourth-order valence-corrected chi connectivity index (χ4v) is 1.23.